The van der Waals surface area contributed by atoms with E-state index in [4.69, 9.17) is 4.99 Å². The van der Waals surface area contributed by atoms with Gasteiger partial charge in [-0.3, -0.25) is 9.67 Å². The molecule has 1 unspecified atom stereocenters. The highest BCUT2D eigenvalue weighted by Gasteiger charge is 2.21. The topological polar surface area (TPSA) is 60.7 Å². The van der Waals surface area contributed by atoms with Crippen molar-refractivity contribution in [1.82, 2.24) is 25.3 Å². The fourth-order valence-electron chi connectivity index (χ4n) is 3.56. The zero-order valence-corrected chi connectivity index (χ0v) is 18.2. The monoisotopic (exact) mass is 403 g/mol. The van der Waals surface area contributed by atoms with Crippen LogP contribution in [0, 0.1) is 0 Å². The summed E-state index contributed by atoms with van der Waals surface area (Å²) in [5, 5.41) is 14.9. The highest BCUT2D eigenvalue weighted by Crippen LogP contribution is 2.24. The molecule has 28 heavy (non-hydrogen) atoms. The first-order valence-corrected chi connectivity index (χ1v) is 10.9. The van der Waals surface area contributed by atoms with Gasteiger partial charge in [0.25, 0.3) is 0 Å². The number of anilines is 1. The highest BCUT2D eigenvalue weighted by atomic mass is 32.1. The SMILES string of the molecule is CCNC(=NCC(c1cnn(C)c1)N(C)C)NC1CCN(c2cccs2)CC1. The number of piperidine rings is 1. The van der Waals surface area contributed by atoms with E-state index in [-0.39, 0.29) is 6.04 Å². The lowest BCUT2D eigenvalue weighted by molar-refractivity contribution is 0.306. The molecule has 0 radical (unpaired) electrons. The first kappa shape index (κ1) is 20.7. The van der Waals surface area contributed by atoms with Crippen molar-refractivity contribution >= 4 is 22.3 Å². The van der Waals surface area contributed by atoms with E-state index < -0.39 is 0 Å². The second-order valence-electron chi connectivity index (χ2n) is 7.50. The molecule has 2 aromatic rings. The molecule has 1 saturated heterocycles. The van der Waals surface area contributed by atoms with E-state index >= 15 is 0 Å². The van der Waals surface area contributed by atoms with E-state index in [0.29, 0.717) is 12.6 Å². The van der Waals surface area contributed by atoms with Crippen LogP contribution in [0.3, 0.4) is 0 Å². The number of aryl methyl sites for hydroxylation is 1. The molecule has 1 aliphatic heterocycles. The van der Waals surface area contributed by atoms with Crippen molar-refractivity contribution in [2.45, 2.75) is 31.8 Å². The number of nitrogens with zero attached hydrogens (tertiary/aromatic N) is 5. The highest BCUT2D eigenvalue weighted by molar-refractivity contribution is 7.14. The summed E-state index contributed by atoms with van der Waals surface area (Å²) in [6.07, 6.45) is 6.26. The Labute approximate surface area is 172 Å². The molecule has 1 aliphatic rings. The molecular formula is C20H33N7S. The molecule has 0 bridgehead atoms. The van der Waals surface area contributed by atoms with Crippen LogP contribution in [0.15, 0.2) is 34.9 Å². The Morgan fingerprint density at radius 1 is 1.39 bits per heavy atom. The molecule has 3 heterocycles. The van der Waals surface area contributed by atoms with Gasteiger partial charge in [0.05, 0.1) is 23.8 Å². The van der Waals surface area contributed by atoms with Crippen LogP contribution in [0.1, 0.15) is 31.4 Å². The lowest BCUT2D eigenvalue weighted by Gasteiger charge is -2.33. The maximum absolute atomic E-state index is 4.89. The van der Waals surface area contributed by atoms with Gasteiger partial charge in [0.15, 0.2) is 5.96 Å². The summed E-state index contributed by atoms with van der Waals surface area (Å²) < 4.78 is 1.85. The number of aromatic nitrogens is 2. The molecule has 0 aliphatic carbocycles. The smallest absolute Gasteiger partial charge is 0.191 e. The quantitative estimate of drug-likeness (QED) is 0.549. The molecule has 0 saturated carbocycles. The standard InChI is InChI=1S/C20H33N7S/c1-5-21-20(22-14-18(25(2)3)16-13-23-26(4)15-16)24-17-8-10-27(11-9-17)19-7-6-12-28-19/h6-7,12-13,15,17-18H,5,8-11,14H2,1-4H3,(H2,21,22,24). The Morgan fingerprint density at radius 2 is 2.18 bits per heavy atom. The minimum absolute atomic E-state index is 0.213. The summed E-state index contributed by atoms with van der Waals surface area (Å²) in [4.78, 5) is 9.57. The van der Waals surface area contributed by atoms with Crippen LogP contribution in [0.25, 0.3) is 0 Å². The number of thiophene rings is 1. The molecule has 0 spiro atoms. The van der Waals surface area contributed by atoms with E-state index in [0.717, 1.165) is 38.4 Å². The Morgan fingerprint density at radius 3 is 2.75 bits per heavy atom. The van der Waals surface area contributed by atoms with Crippen molar-refractivity contribution < 1.29 is 0 Å². The predicted octanol–water partition coefficient (Wildman–Crippen LogP) is 2.31. The van der Waals surface area contributed by atoms with Crippen LogP contribution >= 0.6 is 11.3 Å². The maximum Gasteiger partial charge on any atom is 0.191 e. The molecule has 2 aromatic heterocycles. The van der Waals surface area contributed by atoms with E-state index in [1.54, 1.807) is 0 Å². The van der Waals surface area contributed by atoms with Crippen molar-refractivity contribution in [3.05, 3.63) is 35.5 Å². The number of hydrogen-bond acceptors (Lipinski definition) is 5. The van der Waals surface area contributed by atoms with Gasteiger partial charge in [-0.15, -0.1) is 11.3 Å². The van der Waals surface area contributed by atoms with Crippen LogP contribution in [0.2, 0.25) is 0 Å². The largest absolute Gasteiger partial charge is 0.363 e. The molecule has 3 rings (SSSR count). The number of guanidine groups is 1. The number of likely N-dealkylation sites (N-methyl/N-ethyl adjacent to an activating group) is 1. The average Bonchev–Trinajstić information content (AvgIpc) is 3.34. The van der Waals surface area contributed by atoms with Crippen molar-refractivity contribution in [1.29, 1.82) is 0 Å². The third-order valence-electron chi connectivity index (χ3n) is 5.15. The summed E-state index contributed by atoms with van der Waals surface area (Å²) in [6, 6.07) is 5.02. The Kier molecular flexibility index (Phi) is 7.33. The van der Waals surface area contributed by atoms with Crippen molar-refractivity contribution in [3.63, 3.8) is 0 Å². The van der Waals surface area contributed by atoms with Crippen LogP contribution in [0.4, 0.5) is 5.00 Å². The third-order valence-corrected chi connectivity index (χ3v) is 6.08. The number of rotatable bonds is 7. The Hall–Kier alpha value is -2.06. The minimum Gasteiger partial charge on any atom is -0.363 e. The van der Waals surface area contributed by atoms with Gasteiger partial charge in [-0.25, -0.2) is 0 Å². The molecule has 0 amide bonds. The van der Waals surface area contributed by atoms with Crippen molar-refractivity contribution in [3.8, 4) is 0 Å². The second kappa shape index (κ2) is 9.93. The normalized spacial score (nSPS) is 17.2. The Bertz CT molecular complexity index is 730. The Balaban J connectivity index is 1.58. The first-order valence-electron chi connectivity index (χ1n) is 10.0. The molecule has 8 heteroatoms. The summed E-state index contributed by atoms with van der Waals surface area (Å²) in [5.74, 6) is 0.910. The van der Waals surface area contributed by atoms with Gasteiger partial charge in [0.1, 0.15) is 0 Å². The summed E-state index contributed by atoms with van der Waals surface area (Å²) in [5.41, 5.74) is 1.19. The van der Waals surface area contributed by atoms with E-state index in [2.05, 4.69) is 70.3 Å². The summed E-state index contributed by atoms with van der Waals surface area (Å²) >= 11 is 1.82. The van der Waals surface area contributed by atoms with Gasteiger partial charge in [0, 0.05) is 44.5 Å². The zero-order chi connectivity index (χ0) is 19.9. The van der Waals surface area contributed by atoms with Crippen molar-refractivity contribution in [2.24, 2.45) is 12.0 Å². The predicted molar refractivity (Wildman–Crippen MR) is 118 cm³/mol. The number of nitrogens with one attached hydrogen (secondary N) is 2. The zero-order valence-electron chi connectivity index (χ0n) is 17.4. The number of aliphatic imine (C=N–C) groups is 1. The molecule has 7 nitrogen and oxygen atoms in total. The first-order chi connectivity index (χ1) is 13.6. The van der Waals surface area contributed by atoms with Gasteiger partial charge >= 0.3 is 0 Å². The molecular weight excluding hydrogens is 370 g/mol. The lowest BCUT2D eigenvalue weighted by Crippen LogP contribution is -2.48. The van der Waals surface area contributed by atoms with E-state index in [9.17, 15) is 0 Å². The van der Waals surface area contributed by atoms with Crippen LogP contribution in [-0.4, -0.2) is 67.0 Å². The minimum atomic E-state index is 0.213. The fourth-order valence-corrected chi connectivity index (χ4v) is 4.35. The maximum atomic E-state index is 4.89. The van der Waals surface area contributed by atoms with Gasteiger partial charge in [0.2, 0.25) is 0 Å². The molecule has 154 valence electrons. The fraction of sp³-hybridized carbons (Fsp3) is 0.600. The molecule has 1 fully saturated rings. The average molecular weight is 404 g/mol. The van der Waals surface area contributed by atoms with Crippen molar-refractivity contribution in [2.75, 3.05) is 45.2 Å². The molecule has 1 atom stereocenters. The van der Waals surface area contributed by atoms with Gasteiger partial charge in [-0.05, 0) is 51.4 Å². The van der Waals surface area contributed by atoms with Crippen LogP contribution < -0.4 is 15.5 Å². The lowest BCUT2D eigenvalue weighted by atomic mass is 10.1. The van der Waals surface area contributed by atoms with Gasteiger partial charge in [-0.1, -0.05) is 0 Å². The summed E-state index contributed by atoms with van der Waals surface area (Å²) in [6.45, 7) is 5.85. The van der Waals surface area contributed by atoms with E-state index in [1.165, 1.54) is 10.6 Å². The van der Waals surface area contributed by atoms with E-state index in [1.807, 2.05) is 29.3 Å². The molecule has 2 N–H and O–H groups in total. The van der Waals surface area contributed by atoms with Crippen LogP contribution in [-0.2, 0) is 7.05 Å². The third kappa shape index (κ3) is 5.48. The van der Waals surface area contributed by atoms with Gasteiger partial charge < -0.3 is 20.4 Å². The molecule has 0 aromatic carbocycles. The summed E-state index contributed by atoms with van der Waals surface area (Å²) in [7, 11) is 6.13. The van der Waals surface area contributed by atoms with Gasteiger partial charge in [-0.2, -0.15) is 5.10 Å². The second-order valence-corrected chi connectivity index (χ2v) is 8.43. The number of hydrogen-bond donors (Lipinski definition) is 2. The van der Waals surface area contributed by atoms with Crippen LogP contribution in [0.5, 0.6) is 0 Å².